The lowest BCUT2D eigenvalue weighted by Crippen LogP contribution is -2.39. The molecular weight excluding hydrogens is 411 g/mol. The second-order valence-corrected chi connectivity index (χ2v) is 8.26. The van der Waals surface area contributed by atoms with Gasteiger partial charge in [0, 0.05) is 63.3 Å². The Morgan fingerprint density at radius 1 is 1.25 bits per heavy atom. The van der Waals surface area contributed by atoms with Crippen LogP contribution in [-0.4, -0.2) is 58.1 Å². The molecule has 0 bridgehead atoms. The number of hydrogen-bond donors (Lipinski definition) is 0. The van der Waals surface area contributed by atoms with Gasteiger partial charge in [-0.1, -0.05) is 23.4 Å². The first-order valence-electron chi connectivity index (χ1n) is 10.8. The molecule has 8 nitrogen and oxygen atoms in total. The molecule has 1 aliphatic heterocycles. The third-order valence-corrected chi connectivity index (χ3v) is 5.65. The molecule has 1 aliphatic rings. The SMILES string of the molecule is Cc1noc(CCC(=O)N2CCC[C@@H](c3nc(N(C)C)ncc3-c3ccccc3F)C2)n1. The number of rotatable bonds is 6. The first-order chi connectivity index (χ1) is 15.4. The van der Waals surface area contributed by atoms with E-state index in [9.17, 15) is 9.18 Å². The normalized spacial score (nSPS) is 16.2. The van der Waals surface area contributed by atoms with Crippen LogP contribution in [-0.2, 0) is 11.2 Å². The average Bonchev–Trinajstić information content (AvgIpc) is 3.22. The van der Waals surface area contributed by atoms with Gasteiger partial charge in [0.2, 0.25) is 17.7 Å². The first-order valence-corrected chi connectivity index (χ1v) is 10.8. The lowest BCUT2D eigenvalue weighted by molar-refractivity contribution is -0.132. The van der Waals surface area contributed by atoms with Crippen molar-refractivity contribution in [3.05, 3.63) is 53.7 Å². The van der Waals surface area contributed by atoms with Crippen LogP contribution in [0.25, 0.3) is 11.1 Å². The molecule has 1 atom stereocenters. The van der Waals surface area contributed by atoms with Crippen molar-refractivity contribution in [1.82, 2.24) is 25.0 Å². The van der Waals surface area contributed by atoms with Crippen molar-refractivity contribution < 1.29 is 13.7 Å². The number of aryl methyl sites for hydroxylation is 2. The third kappa shape index (κ3) is 4.76. The van der Waals surface area contributed by atoms with Gasteiger partial charge in [0.1, 0.15) is 5.82 Å². The minimum Gasteiger partial charge on any atom is -0.347 e. The number of amides is 1. The maximum absolute atomic E-state index is 14.6. The Balaban J connectivity index is 1.57. The van der Waals surface area contributed by atoms with Crippen molar-refractivity contribution in [1.29, 1.82) is 0 Å². The smallest absolute Gasteiger partial charge is 0.227 e. The second-order valence-electron chi connectivity index (χ2n) is 8.26. The van der Waals surface area contributed by atoms with E-state index < -0.39 is 0 Å². The van der Waals surface area contributed by atoms with Crippen LogP contribution >= 0.6 is 0 Å². The van der Waals surface area contributed by atoms with Crippen LogP contribution in [0.4, 0.5) is 10.3 Å². The van der Waals surface area contributed by atoms with Gasteiger partial charge in [-0.2, -0.15) is 4.98 Å². The van der Waals surface area contributed by atoms with E-state index in [1.165, 1.54) is 6.07 Å². The molecule has 0 N–H and O–H groups in total. The van der Waals surface area contributed by atoms with Crippen molar-refractivity contribution in [2.24, 2.45) is 0 Å². The molecular formula is C23H27FN6O2. The second kappa shape index (κ2) is 9.42. The van der Waals surface area contributed by atoms with Gasteiger partial charge >= 0.3 is 0 Å². The minimum absolute atomic E-state index is 0.00495. The molecule has 4 rings (SSSR count). The zero-order chi connectivity index (χ0) is 22.7. The van der Waals surface area contributed by atoms with Gasteiger partial charge in [0.25, 0.3) is 0 Å². The Hall–Kier alpha value is -3.36. The fraction of sp³-hybridized carbons (Fsp3) is 0.435. The number of benzene rings is 1. The van der Waals surface area contributed by atoms with Crippen molar-refractivity contribution in [3.8, 4) is 11.1 Å². The summed E-state index contributed by atoms with van der Waals surface area (Å²) in [5.74, 6) is 1.32. The van der Waals surface area contributed by atoms with E-state index in [4.69, 9.17) is 9.51 Å². The maximum Gasteiger partial charge on any atom is 0.227 e. The van der Waals surface area contributed by atoms with Crippen LogP contribution in [0.2, 0.25) is 0 Å². The summed E-state index contributed by atoms with van der Waals surface area (Å²) in [5, 5.41) is 3.77. The summed E-state index contributed by atoms with van der Waals surface area (Å²) in [5.41, 5.74) is 1.93. The Bertz CT molecular complexity index is 1100. The number of halogens is 1. The molecule has 0 radical (unpaired) electrons. The molecule has 32 heavy (non-hydrogen) atoms. The first kappa shape index (κ1) is 21.9. The Morgan fingerprint density at radius 3 is 2.78 bits per heavy atom. The van der Waals surface area contributed by atoms with Crippen molar-refractivity contribution in [2.45, 2.75) is 38.5 Å². The molecule has 9 heteroatoms. The molecule has 0 unspecified atom stereocenters. The lowest BCUT2D eigenvalue weighted by atomic mass is 9.89. The number of hydrogen-bond acceptors (Lipinski definition) is 7. The van der Waals surface area contributed by atoms with E-state index in [0.29, 0.717) is 54.7 Å². The van der Waals surface area contributed by atoms with Crippen molar-refractivity contribution >= 4 is 11.9 Å². The topological polar surface area (TPSA) is 88.3 Å². The zero-order valence-electron chi connectivity index (χ0n) is 18.6. The Labute approximate surface area is 186 Å². The summed E-state index contributed by atoms with van der Waals surface area (Å²) >= 11 is 0. The molecule has 0 spiro atoms. The van der Waals surface area contributed by atoms with Crippen LogP contribution in [0.3, 0.4) is 0 Å². The number of nitrogens with zero attached hydrogens (tertiary/aromatic N) is 6. The van der Waals surface area contributed by atoms with Gasteiger partial charge < -0.3 is 14.3 Å². The van der Waals surface area contributed by atoms with E-state index in [2.05, 4.69) is 15.1 Å². The number of anilines is 1. The summed E-state index contributed by atoms with van der Waals surface area (Å²) in [6.45, 7) is 2.98. The van der Waals surface area contributed by atoms with Crippen molar-refractivity contribution in [3.63, 3.8) is 0 Å². The highest BCUT2D eigenvalue weighted by molar-refractivity contribution is 5.76. The maximum atomic E-state index is 14.6. The summed E-state index contributed by atoms with van der Waals surface area (Å²) in [6, 6.07) is 6.65. The van der Waals surface area contributed by atoms with Gasteiger partial charge in [-0.3, -0.25) is 4.79 Å². The lowest BCUT2D eigenvalue weighted by Gasteiger charge is -2.33. The van der Waals surface area contributed by atoms with Crippen LogP contribution in [0.15, 0.2) is 35.0 Å². The number of piperidine rings is 1. The summed E-state index contributed by atoms with van der Waals surface area (Å²) < 4.78 is 19.7. The highest BCUT2D eigenvalue weighted by atomic mass is 19.1. The molecule has 0 saturated carbocycles. The standard InChI is InChI=1S/C23H27FN6O2/c1-15-26-20(32-28-15)10-11-21(31)30-12-6-7-16(14-30)22-18(13-25-23(27-22)29(2)3)17-8-4-5-9-19(17)24/h4-5,8-9,13,16H,6-7,10-12,14H2,1-3H3/t16-/m1/s1. The highest BCUT2D eigenvalue weighted by Gasteiger charge is 2.29. The van der Waals surface area contributed by atoms with E-state index >= 15 is 0 Å². The number of carbonyl (C=O) groups excluding carboxylic acids is 1. The van der Waals surface area contributed by atoms with Crippen LogP contribution in [0.5, 0.6) is 0 Å². The van der Waals surface area contributed by atoms with E-state index in [1.807, 2.05) is 23.9 Å². The van der Waals surface area contributed by atoms with Gasteiger partial charge in [0.05, 0.1) is 5.69 Å². The van der Waals surface area contributed by atoms with E-state index in [0.717, 1.165) is 18.5 Å². The molecule has 3 heterocycles. The predicted octanol–water partition coefficient (Wildman–Crippen LogP) is 3.38. The molecule has 1 saturated heterocycles. The fourth-order valence-corrected chi connectivity index (χ4v) is 4.04. The average molecular weight is 439 g/mol. The molecule has 1 aromatic carbocycles. The molecule has 168 valence electrons. The Morgan fingerprint density at radius 2 is 2.06 bits per heavy atom. The van der Waals surface area contributed by atoms with Crippen LogP contribution in [0.1, 0.15) is 42.6 Å². The quantitative estimate of drug-likeness (QED) is 0.583. The largest absolute Gasteiger partial charge is 0.347 e. The van der Waals surface area contributed by atoms with Crippen molar-refractivity contribution in [2.75, 3.05) is 32.1 Å². The van der Waals surface area contributed by atoms with Gasteiger partial charge in [-0.25, -0.2) is 14.4 Å². The van der Waals surface area contributed by atoms with E-state index in [1.54, 1.807) is 31.3 Å². The minimum atomic E-state index is -0.312. The molecule has 3 aromatic rings. The zero-order valence-corrected chi connectivity index (χ0v) is 18.6. The number of carbonyl (C=O) groups is 1. The van der Waals surface area contributed by atoms with Crippen LogP contribution in [0, 0.1) is 12.7 Å². The predicted molar refractivity (Wildman–Crippen MR) is 118 cm³/mol. The third-order valence-electron chi connectivity index (χ3n) is 5.65. The summed E-state index contributed by atoms with van der Waals surface area (Å²) in [7, 11) is 3.75. The monoisotopic (exact) mass is 438 g/mol. The molecule has 0 aliphatic carbocycles. The van der Waals surface area contributed by atoms with Gasteiger partial charge in [-0.15, -0.1) is 0 Å². The number of aromatic nitrogens is 4. The highest BCUT2D eigenvalue weighted by Crippen LogP contribution is 2.35. The van der Waals surface area contributed by atoms with Crippen LogP contribution < -0.4 is 4.90 Å². The fourth-order valence-electron chi connectivity index (χ4n) is 4.04. The summed E-state index contributed by atoms with van der Waals surface area (Å²) in [6.07, 6.45) is 4.14. The Kier molecular flexibility index (Phi) is 6.43. The number of likely N-dealkylation sites (tertiary alicyclic amines) is 1. The summed E-state index contributed by atoms with van der Waals surface area (Å²) in [4.78, 5) is 29.9. The van der Waals surface area contributed by atoms with Gasteiger partial charge in [0.15, 0.2) is 5.82 Å². The molecule has 1 fully saturated rings. The molecule has 2 aromatic heterocycles. The van der Waals surface area contributed by atoms with E-state index in [-0.39, 0.29) is 17.6 Å². The van der Waals surface area contributed by atoms with Gasteiger partial charge in [-0.05, 0) is 25.8 Å². The molecule has 1 amide bonds.